The minimum atomic E-state index is -4.10. The lowest BCUT2D eigenvalue weighted by Crippen LogP contribution is -2.56. The molecule has 1 aliphatic rings. The third kappa shape index (κ3) is 5.27. The largest absolute Gasteiger partial charge is 0.497 e. The van der Waals surface area contributed by atoms with Crippen molar-refractivity contribution in [3.05, 3.63) is 64.2 Å². The summed E-state index contributed by atoms with van der Waals surface area (Å²) >= 11 is 0. The molecule has 1 aliphatic heterocycles. The van der Waals surface area contributed by atoms with Gasteiger partial charge in [-0.05, 0) is 68.0 Å². The number of ketones is 1. The number of piperidine rings is 1. The molecule has 3 rings (SSSR count). The molecule has 1 fully saturated rings. The van der Waals surface area contributed by atoms with Crippen molar-refractivity contribution >= 4 is 21.6 Å². The van der Waals surface area contributed by atoms with Gasteiger partial charge in [-0.25, -0.2) is 8.42 Å². The highest BCUT2D eigenvalue weighted by Gasteiger charge is 2.55. The SMILES string of the molecule is COc1ccc(CS(=O)(=O)C2(C(=O)C(C(=O)O)c3c(C)cc(C)cc3C)CCN(OC)CC2)cc1. The van der Waals surface area contributed by atoms with Crippen molar-refractivity contribution in [2.75, 3.05) is 27.3 Å². The molecular weight excluding hydrogens is 470 g/mol. The third-order valence-corrected chi connectivity index (χ3v) is 9.40. The number of benzene rings is 2. The average molecular weight is 504 g/mol. The van der Waals surface area contributed by atoms with E-state index in [-0.39, 0.29) is 31.7 Å². The molecule has 35 heavy (non-hydrogen) atoms. The van der Waals surface area contributed by atoms with Crippen LogP contribution in [0.4, 0.5) is 0 Å². The molecule has 1 N–H and O–H groups in total. The summed E-state index contributed by atoms with van der Waals surface area (Å²) in [7, 11) is -1.10. The highest BCUT2D eigenvalue weighted by atomic mass is 32.2. The first-order chi connectivity index (χ1) is 16.5. The van der Waals surface area contributed by atoms with E-state index in [1.165, 1.54) is 14.2 Å². The molecule has 0 saturated carbocycles. The molecule has 2 aromatic carbocycles. The van der Waals surface area contributed by atoms with Crippen LogP contribution in [0, 0.1) is 20.8 Å². The normalized spacial score (nSPS) is 17.1. The van der Waals surface area contributed by atoms with Gasteiger partial charge in [0, 0.05) is 13.1 Å². The number of ether oxygens (including phenoxy) is 1. The molecule has 1 saturated heterocycles. The number of carbonyl (C=O) groups excluding carboxylic acids is 1. The van der Waals surface area contributed by atoms with Gasteiger partial charge in [0.25, 0.3) is 0 Å². The Morgan fingerprint density at radius 3 is 2.03 bits per heavy atom. The maximum absolute atomic E-state index is 14.1. The number of carboxylic acids is 1. The Bertz CT molecular complexity index is 1170. The van der Waals surface area contributed by atoms with Crippen LogP contribution >= 0.6 is 0 Å². The molecule has 1 unspecified atom stereocenters. The minimum absolute atomic E-state index is 0.0497. The molecule has 1 atom stereocenters. The maximum atomic E-state index is 14.1. The first-order valence-electron chi connectivity index (χ1n) is 11.4. The van der Waals surface area contributed by atoms with Gasteiger partial charge in [-0.1, -0.05) is 29.8 Å². The van der Waals surface area contributed by atoms with E-state index in [0.29, 0.717) is 28.0 Å². The van der Waals surface area contributed by atoms with Crippen molar-refractivity contribution in [2.24, 2.45) is 0 Å². The van der Waals surface area contributed by atoms with Crippen molar-refractivity contribution in [3.8, 4) is 5.75 Å². The molecule has 0 spiro atoms. The molecule has 190 valence electrons. The zero-order chi connectivity index (χ0) is 26.0. The summed E-state index contributed by atoms with van der Waals surface area (Å²) in [6.45, 7) is 5.79. The second-order valence-corrected chi connectivity index (χ2v) is 11.5. The van der Waals surface area contributed by atoms with Crippen LogP contribution in [0.1, 0.15) is 46.6 Å². The van der Waals surface area contributed by atoms with Crippen molar-refractivity contribution < 1.29 is 32.7 Å². The molecule has 0 aliphatic carbocycles. The summed E-state index contributed by atoms with van der Waals surface area (Å²) in [5, 5.41) is 11.8. The van der Waals surface area contributed by atoms with Gasteiger partial charge >= 0.3 is 5.97 Å². The highest BCUT2D eigenvalue weighted by Crippen LogP contribution is 2.40. The van der Waals surface area contributed by atoms with E-state index in [4.69, 9.17) is 9.57 Å². The Morgan fingerprint density at radius 2 is 1.57 bits per heavy atom. The van der Waals surface area contributed by atoms with Gasteiger partial charge in [-0.3, -0.25) is 9.59 Å². The Kier molecular flexibility index (Phi) is 8.03. The second-order valence-electron chi connectivity index (χ2n) is 9.16. The number of sulfone groups is 1. The molecular formula is C26H33NO7S. The van der Waals surface area contributed by atoms with E-state index >= 15 is 0 Å². The van der Waals surface area contributed by atoms with E-state index in [2.05, 4.69) is 0 Å². The predicted molar refractivity (Wildman–Crippen MR) is 132 cm³/mol. The van der Waals surface area contributed by atoms with Crippen molar-refractivity contribution in [2.45, 2.75) is 50.0 Å². The van der Waals surface area contributed by atoms with Gasteiger partial charge < -0.3 is 14.7 Å². The molecule has 0 amide bonds. The van der Waals surface area contributed by atoms with Crippen LogP contribution in [0.15, 0.2) is 36.4 Å². The van der Waals surface area contributed by atoms with Crippen molar-refractivity contribution in [1.82, 2.24) is 5.06 Å². The number of rotatable bonds is 9. The number of methoxy groups -OCH3 is 1. The summed E-state index contributed by atoms with van der Waals surface area (Å²) in [4.78, 5) is 31.9. The van der Waals surface area contributed by atoms with E-state index in [0.717, 1.165) is 5.56 Å². The monoisotopic (exact) mass is 503 g/mol. The lowest BCUT2D eigenvalue weighted by atomic mass is 9.79. The second kappa shape index (κ2) is 10.5. The molecule has 2 aromatic rings. The first-order valence-corrected chi connectivity index (χ1v) is 13.1. The zero-order valence-electron chi connectivity index (χ0n) is 20.8. The summed E-state index contributed by atoms with van der Waals surface area (Å²) in [6, 6.07) is 10.2. The van der Waals surface area contributed by atoms with Gasteiger partial charge in [0.2, 0.25) is 0 Å². The van der Waals surface area contributed by atoms with Gasteiger partial charge in [-0.15, -0.1) is 0 Å². The fraction of sp³-hybridized carbons (Fsp3) is 0.462. The number of aliphatic carboxylic acids is 1. The Morgan fingerprint density at radius 1 is 1.03 bits per heavy atom. The number of carbonyl (C=O) groups is 2. The summed E-state index contributed by atoms with van der Waals surface area (Å²) in [5.41, 5.74) is 3.11. The molecule has 9 heteroatoms. The smallest absolute Gasteiger partial charge is 0.318 e. The summed E-state index contributed by atoms with van der Waals surface area (Å²) in [6.07, 6.45) is -0.0994. The predicted octanol–water partition coefficient (Wildman–Crippen LogP) is 3.37. The van der Waals surface area contributed by atoms with E-state index in [1.807, 2.05) is 19.1 Å². The van der Waals surface area contributed by atoms with Crippen LogP contribution in [-0.2, 0) is 30.0 Å². The standard InChI is InChI=1S/C26H33NO7S/c1-17-14-18(2)22(19(3)15-17)23(25(29)30)24(28)26(10-12-27(34-5)13-11-26)35(31,32)16-20-6-8-21(33-4)9-7-20/h6-9,14-15,23H,10-13,16H2,1-5H3,(H,29,30). The Hall–Kier alpha value is -2.75. The zero-order valence-corrected chi connectivity index (χ0v) is 21.6. The molecule has 0 aromatic heterocycles. The van der Waals surface area contributed by atoms with Crippen molar-refractivity contribution in [3.63, 3.8) is 0 Å². The van der Waals surface area contributed by atoms with Crippen LogP contribution < -0.4 is 4.74 Å². The maximum Gasteiger partial charge on any atom is 0.318 e. The topological polar surface area (TPSA) is 110 Å². The number of carboxylic acid groups (broad SMARTS) is 1. The number of nitrogens with zero attached hydrogens (tertiary/aromatic N) is 1. The number of aryl methyl sites for hydroxylation is 3. The van der Waals surface area contributed by atoms with Crippen LogP contribution in [0.5, 0.6) is 5.75 Å². The van der Waals surface area contributed by atoms with Crippen LogP contribution in [0.25, 0.3) is 0 Å². The lowest BCUT2D eigenvalue weighted by molar-refractivity contribution is -0.153. The number of hydrogen-bond acceptors (Lipinski definition) is 7. The molecule has 1 heterocycles. The Balaban J connectivity index is 2.11. The lowest BCUT2D eigenvalue weighted by Gasteiger charge is -2.40. The van der Waals surface area contributed by atoms with Crippen LogP contribution in [0.2, 0.25) is 0 Å². The average Bonchev–Trinajstić information content (AvgIpc) is 2.80. The fourth-order valence-electron chi connectivity index (χ4n) is 5.10. The molecule has 0 bridgehead atoms. The fourth-order valence-corrected chi connectivity index (χ4v) is 7.23. The summed E-state index contributed by atoms with van der Waals surface area (Å²) in [5.74, 6) is -3.52. The van der Waals surface area contributed by atoms with E-state index in [1.54, 1.807) is 43.2 Å². The first kappa shape index (κ1) is 26.8. The molecule has 8 nitrogen and oxygen atoms in total. The molecule has 0 radical (unpaired) electrons. The Labute approximate surface area is 206 Å². The third-order valence-electron chi connectivity index (χ3n) is 6.88. The van der Waals surface area contributed by atoms with Gasteiger partial charge in [0.1, 0.15) is 16.4 Å². The van der Waals surface area contributed by atoms with Gasteiger partial charge in [-0.2, -0.15) is 5.06 Å². The van der Waals surface area contributed by atoms with Crippen molar-refractivity contribution in [1.29, 1.82) is 0 Å². The van der Waals surface area contributed by atoms with Gasteiger partial charge in [0.15, 0.2) is 15.6 Å². The number of hydroxylamine groups is 2. The van der Waals surface area contributed by atoms with E-state index < -0.39 is 32.3 Å². The van der Waals surface area contributed by atoms with Gasteiger partial charge in [0.05, 0.1) is 20.0 Å². The van der Waals surface area contributed by atoms with E-state index in [9.17, 15) is 23.1 Å². The van der Waals surface area contributed by atoms with Crippen LogP contribution in [-0.4, -0.2) is 62.4 Å². The quantitative estimate of drug-likeness (QED) is 0.519. The number of Topliss-reactive ketones (excluding diaryl/α,β-unsaturated/α-hetero) is 1. The van der Waals surface area contributed by atoms with Crippen LogP contribution in [0.3, 0.4) is 0 Å². The minimum Gasteiger partial charge on any atom is -0.497 e. The summed E-state index contributed by atoms with van der Waals surface area (Å²) < 4.78 is 31.2. The highest BCUT2D eigenvalue weighted by molar-refractivity contribution is 7.92. The number of hydrogen-bond donors (Lipinski definition) is 1.